The third kappa shape index (κ3) is 4.52. The molecule has 0 spiro atoms. The number of pyridine rings is 1. The van der Waals surface area contributed by atoms with E-state index in [0.717, 1.165) is 12.1 Å². The van der Waals surface area contributed by atoms with Gasteiger partial charge in [-0.15, -0.1) is 0 Å². The molecule has 0 N–H and O–H groups in total. The molecule has 0 radical (unpaired) electrons. The first-order valence-electron chi connectivity index (χ1n) is 8.81. The van der Waals surface area contributed by atoms with E-state index in [4.69, 9.17) is 0 Å². The SMILES string of the molecule is CN(C)Cc1cccc(C(=O)N2CCN(S(=O)(=O)c3cccnc3)CC2)c1. The predicted octanol–water partition coefficient (Wildman–Crippen LogP) is 1.29. The Morgan fingerprint density at radius 1 is 1.11 bits per heavy atom. The summed E-state index contributed by atoms with van der Waals surface area (Å²) in [5, 5.41) is 0. The van der Waals surface area contributed by atoms with E-state index in [9.17, 15) is 13.2 Å². The van der Waals surface area contributed by atoms with Gasteiger partial charge in [0.15, 0.2) is 0 Å². The number of aromatic nitrogens is 1. The van der Waals surface area contributed by atoms with Crippen LogP contribution in [-0.4, -0.2) is 73.7 Å². The highest BCUT2D eigenvalue weighted by Crippen LogP contribution is 2.18. The number of sulfonamides is 1. The van der Waals surface area contributed by atoms with E-state index in [2.05, 4.69) is 4.98 Å². The van der Waals surface area contributed by atoms with Crippen LogP contribution < -0.4 is 0 Å². The van der Waals surface area contributed by atoms with Crippen LogP contribution in [-0.2, 0) is 16.6 Å². The number of nitrogens with zero attached hydrogens (tertiary/aromatic N) is 4. The molecule has 0 aliphatic carbocycles. The number of benzene rings is 1. The summed E-state index contributed by atoms with van der Waals surface area (Å²) in [6, 6.07) is 10.7. The summed E-state index contributed by atoms with van der Waals surface area (Å²) in [7, 11) is 0.396. The zero-order chi connectivity index (χ0) is 19.4. The summed E-state index contributed by atoms with van der Waals surface area (Å²) >= 11 is 0. The van der Waals surface area contributed by atoms with Gasteiger partial charge in [-0.1, -0.05) is 12.1 Å². The summed E-state index contributed by atoms with van der Waals surface area (Å²) in [5.41, 5.74) is 1.71. The second-order valence-electron chi connectivity index (χ2n) is 6.82. The molecule has 0 bridgehead atoms. The van der Waals surface area contributed by atoms with Crippen molar-refractivity contribution in [3.8, 4) is 0 Å². The molecule has 0 saturated carbocycles. The molecule has 2 heterocycles. The molecule has 1 fully saturated rings. The Morgan fingerprint density at radius 3 is 2.48 bits per heavy atom. The maximum absolute atomic E-state index is 12.8. The van der Waals surface area contributed by atoms with Crippen LogP contribution in [0.15, 0.2) is 53.7 Å². The molecule has 0 atom stereocenters. The largest absolute Gasteiger partial charge is 0.336 e. The number of hydrogen-bond donors (Lipinski definition) is 0. The molecule has 1 aliphatic rings. The lowest BCUT2D eigenvalue weighted by molar-refractivity contribution is 0.0697. The zero-order valence-corrected chi connectivity index (χ0v) is 16.4. The second-order valence-corrected chi connectivity index (χ2v) is 8.76. The van der Waals surface area contributed by atoms with E-state index >= 15 is 0 Å². The molecular formula is C19H24N4O3S. The first kappa shape index (κ1) is 19.5. The molecule has 144 valence electrons. The van der Waals surface area contributed by atoms with Gasteiger partial charge in [0.1, 0.15) is 4.90 Å². The Balaban J connectivity index is 1.66. The lowest BCUT2D eigenvalue weighted by Crippen LogP contribution is -2.50. The number of carbonyl (C=O) groups excluding carboxylic acids is 1. The number of amides is 1. The van der Waals surface area contributed by atoms with Gasteiger partial charge in [-0.3, -0.25) is 9.78 Å². The highest BCUT2D eigenvalue weighted by molar-refractivity contribution is 7.89. The van der Waals surface area contributed by atoms with Gasteiger partial charge >= 0.3 is 0 Å². The van der Waals surface area contributed by atoms with Crippen LogP contribution in [0.4, 0.5) is 0 Å². The van der Waals surface area contributed by atoms with Gasteiger partial charge in [-0.05, 0) is 43.9 Å². The van der Waals surface area contributed by atoms with E-state index in [1.807, 2.05) is 37.2 Å². The number of piperazine rings is 1. The Kier molecular flexibility index (Phi) is 5.88. The first-order chi connectivity index (χ1) is 12.9. The van der Waals surface area contributed by atoms with Gasteiger partial charge in [0, 0.05) is 50.7 Å². The number of hydrogen-bond acceptors (Lipinski definition) is 5. The van der Waals surface area contributed by atoms with Gasteiger partial charge in [-0.2, -0.15) is 4.31 Å². The van der Waals surface area contributed by atoms with E-state index in [-0.39, 0.29) is 23.9 Å². The summed E-state index contributed by atoms with van der Waals surface area (Å²) in [6.45, 7) is 2.06. The van der Waals surface area contributed by atoms with Crippen molar-refractivity contribution in [2.45, 2.75) is 11.4 Å². The van der Waals surface area contributed by atoms with Crippen LogP contribution in [0, 0.1) is 0 Å². The summed E-state index contributed by atoms with van der Waals surface area (Å²) in [6.07, 6.45) is 2.89. The molecule has 27 heavy (non-hydrogen) atoms. The van der Waals surface area contributed by atoms with Gasteiger partial charge < -0.3 is 9.80 Å². The van der Waals surface area contributed by atoms with E-state index < -0.39 is 10.0 Å². The molecule has 3 rings (SSSR count). The standard InChI is InChI=1S/C19H24N4O3S/c1-21(2)15-16-5-3-6-17(13-16)19(24)22-9-11-23(12-10-22)27(25,26)18-7-4-8-20-14-18/h3-8,13-14H,9-12,15H2,1-2H3. The normalized spacial score (nSPS) is 15.9. The van der Waals surface area contributed by atoms with Crippen molar-refractivity contribution in [1.82, 2.24) is 19.1 Å². The minimum Gasteiger partial charge on any atom is -0.336 e. The topological polar surface area (TPSA) is 73.8 Å². The van der Waals surface area contributed by atoms with Gasteiger partial charge in [-0.25, -0.2) is 8.42 Å². The summed E-state index contributed by atoms with van der Waals surface area (Å²) < 4.78 is 26.7. The Morgan fingerprint density at radius 2 is 1.85 bits per heavy atom. The molecule has 1 aliphatic heterocycles. The van der Waals surface area contributed by atoms with Gasteiger partial charge in [0.25, 0.3) is 5.91 Å². The van der Waals surface area contributed by atoms with Crippen molar-refractivity contribution >= 4 is 15.9 Å². The van der Waals surface area contributed by atoms with Crippen LogP contribution in [0.5, 0.6) is 0 Å². The third-order valence-electron chi connectivity index (χ3n) is 4.47. The smallest absolute Gasteiger partial charge is 0.253 e. The van der Waals surface area contributed by atoms with Crippen LogP contribution in [0.3, 0.4) is 0 Å². The molecule has 8 heteroatoms. The second kappa shape index (κ2) is 8.16. The first-order valence-corrected chi connectivity index (χ1v) is 10.2. The molecule has 1 aromatic heterocycles. The summed E-state index contributed by atoms with van der Waals surface area (Å²) in [5.74, 6) is -0.0611. The van der Waals surface area contributed by atoms with Crippen molar-refractivity contribution in [2.24, 2.45) is 0 Å². The average molecular weight is 388 g/mol. The molecule has 0 unspecified atom stereocenters. The number of rotatable bonds is 5. The predicted molar refractivity (Wildman–Crippen MR) is 103 cm³/mol. The van der Waals surface area contributed by atoms with Crippen molar-refractivity contribution < 1.29 is 13.2 Å². The fourth-order valence-corrected chi connectivity index (χ4v) is 4.52. The zero-order valence-electron chi connectivity index (χ0n) is 15.6. The molecular weight excluding hydrogens is 364 g/mol. The van der Waals surface area contributed by atoms with Crippen molar-refractivity contribution in [1.29, 1.82) is 0 Å². The van der Waals surface area contributed by atoms with Crippen LogP contribution in [0.1, 0.15) is 15.9 Å². The van der Waals surface area contributed by atoms with Crippen molar-refractivity contribution in [3.05, 3.63) is 59.9 Å². The minimum atomic E-state index is -3.57. The molecule has 2 aromatic rings. The van der Waals surface area contributed by atoms with E-state index in [1.165, 1.54) is 16.6 Å². The number of carbonyl (C=O) groups is 1. The highest BCUT2D eigenvalue weighted by Gasteiger charge is 2.30. The highest BCUT2D eigenvalue weighted by atomic mass is 32.2. The van der Waals surface area contributed by atoms with E-state index in [1.54, 1.807) is 23.2 Å². The average Bonchev–Trinajstić information content (AvgIpc) is 2.68. The Hall–Kier alpha value is -2.29. The van der Waals surface area contributed by atoms with Crippen LogP contribution in [0.25, 0.3) is 0 Å². The van der Waals surface area contributed by atoms with Gasteiger partial charge in [0.2, 0.25) is 10.0 Å². The molecule has 1 saturated heterocycles. The van der Waals surface area contributed by atoms with Crippen molar-refractivity contribution in [3.63, 3.8) is 0 Å². The minimum absolute atomic E-state index is 0.0611. The van der Waals surface area contributed by atoms with Crippen LogP contribution in [0.2, 0.25) is 0 Å². The third-order valence-corrected chi connectivity index (χ3v) is 6.35. The summed E-state index contributed by atoms with van der Waals surface area (Å²) in [4.78, 5) is 20.6. The van der Waals surface area contributed by atoms with Crippen LogP contribution >= 0.6 is 0 Å². The van der Waals surface area contributed by atoms with E-state index in [0.29, 0.717) is 18.7 Å². The Bertz CT molecular complexity index is 892. The fourth-order valence-electron chi connectivity index (χ4n) is 3.13. The Labute approximate surface area is 160 Å². The van der Waals surface area contributed by atoms with Gasteiger partial charge in [0.05, 0.1) is 0 Å². The lowest BCUT2D eigenvalue weighted by atomic mass is 10.1. The molecule has 7 nitrogen and oxygen atoms in total. The molecule has 1 aromatic carbocycles. The fraction of sp³-hybridized carbons (Fsp3) is 0.368. The monoisotopic (exact) mass is 388 g/mol. The lowest BCUT2D eigenvalue weighted by Gasteiger charge is -2.34. The van der Waals surface area contributed by atoms with Crippen molar-refractivity contribution in [2.75, 3.05) is 40.3 Å². The quantitative estimate of drug-likeness (QED) is 0.772. The molecule has 1 amide bonds. The maximum atomic E-state index is 12.8. The maximum Gasteiger partial charge on any atom is 0.253 e.